The fraction of sp³-hybridized carbons (Fsp3) is 0.118. The van der Waals surface area contributed by atoms with Gasteiger partial charge in [0, 0.05) is 5.56 Å². The molecule has 0 radical (unpaired) electrons. The van der Waals surface area contributed by atoms with Gasteiger partial charge in [0.1, 0.15) is 13.2 Å². The minimum absolute atomic E-state index is 0.378. The average molecular weight is 373 g/mol. The van der Waals surface area contributed by atoms with Crippen molar-refractivity contribution in [3.8, 4) is 22.9 Å². The Bertz CT molecular complexity index is 1010. The summed E-state index contributed by atoms with van der Waals surface area (Å²) in [7, 11) is 0. The molecule has 1 aliphatic rings. The van der Waals surface area contributed by atoms with E-state index in [1.165, 1.54) is 4.68 Å². The molecule has 0 amide bonds. The molecular formula is C17H13ClN4O2S. The Morgan fingerprint density at radius 1 is 1.16 bits per heavy atom. The number of halogens is 1. The molecule has 0 aliphatic carbocycles. The number of rotatable bonds is 3. The number of hydrogen-bond donors (Lipinski definition) is 1. The number of fused-ring (bicyclic) bond motifs is 1. The fourth-order valence-corrected chi connectivity index (χ4v) is 2.88. The van der Waals surface area contributed by atoms with Crippen LogP contribution in [0.3, 0.4) is 0 Å². The first-order valence-corrected chi connectivity index (χ1v) is 8.37. The molecule has 1 aliphatic heterocycles. The SMILES string of the molecule is S=c1[nH]nc(-c2ccccc2Cl)n1N=Cc1ccc2c(c1)OCCO2. The van der Waals surface area contributed by atoms with Crippen LogP contribution in [-0.4, -0.2) is 34.3 Å². The standard InChI is InChI=1S/C17H13ClN4O2S/c18-13-4-2-1-3-12(13)16-20-21-17(25)22(16)19-10-11-5-6-14-15(9-11)24-8-7-23-14/h1-6,9-10H,7-8H2,(H,21,25). The molecule has 1 N–H and O–H groups in total. The maximum absolute atomic E-state index is 6.25. The molecule has 0 bridgehead atoms. The number of benzene rings is 2. The van der Waals surface area contributed by atoms with Gasteiger partial charge in [-0.25, -0.2) is 5.10 Å². The van der Waals surface area contributed by atoms with Crippen molar-refractivity contribution in [3.63, 3.8) is 0 Å². The van der Waals surface area contributed by atoms with Crippen molar-refractivity contribution < 1.29 is 9.47 Å². The second-order valence-electron chi connectivity index (χ2n) is 5.29. The highest BCUT2D eigenvalue weighted by Gasteiger charge is 2.13. The largest absolute Gasteiger partial charge is 0.486 e. The minimum Gasteiger partial charge on any atom is -0.486 e. The quantitative estimate of drug-likeness (QED) is 0.559. The van der Waals surface area contributed by atoms with Crippen molar-refractivity contribution in [2.24, 2.45) is 5.10 Å². The molecule has 4 rings (SSSR count). The minimum atomic E-state index is 0.378. The van der Waals surface area contributed by atoms with Gasteiger partial charge in [0.2, 0.25) is 4.77 Å². The Morgan fingerprint density at radius 2 is 1.96 bits per heavy atom. The summed E-state index contributed by atoms with van der Waals surface area (Å²) in [5.41, 5.74) is 1.60. The Hall–Kier alpha value is -2.64. The van der Waals surface area contributed by atoms with Crippen LogP contribution in [0.4, 0.5) is 0 Å². The van der Waals surface area contributed by atoms with Gasteiger partial charge in [0.25, 0.3) is 0 Å². The summed E-state index contributed by atoms with van der Waals surface area (Å²) in [4.78, 5) is 0. The molecule has 1 aromatic heterocycles. The van der Waals surface area contributed by atoms with Crippen LogP contribution in [0.1, 0.15) is 5.56 Å². The highest BCUT2D eigenvalue weighted by Crippen LogP contribution is 2.30. The van der Waals surface area contributed by atoms with Crippen molar-refractivity contribution in [1.82, 2.24) is 14.9 Å². The smallest absolute Gasteiger partial charge is 0.216 e. The molecule has 0 atom stereocenters. The summed E-state index contributed by atoms with van der Waals surface area (Å²) in [5, 5.41) is 12.0. The van der Waals surface area contributed by atoms with E-state index in [9.17, 15) is 0 Å². The summed E-state index contributed by atoms with van der Waals surface area (Å²) in [6.07, 6.45) is 1.68. The lowest BCUT2D eigenvalue weighted by atomic mass is 10.2. The van der Waals surface area contributed by atoms with Gasteiger partial charge in [-0.05, 0) is 48.1 Å². The molecule has 0 spiro atoms. The molecule has 0 unspecified atom stereocenters. The number of ether oxygens (including phenoxy) is 2. The number of nitrogens with one attached hydrogen (secondary N) is 1. The number of nitrogens with zero attached hydrogens (tertiary/aromatic N) is 3. The summed E-state index contributed by atoms with van der Waals surface area (Å²) in [5.74, 6) is 1.99. The predicted molar refractivity (Wildman–Crippen MR) is 98.3 cm³/mol. The molecule has 2 aromatic carbocycles. The Kier molecular flexibility index (Phi) is 4.25. The van der Waals surface area contributed by atoms with Gasteiger partial charge in [0.05, 0.1) is 11.2 Å². The second kappa shape index (κ2) is 6.70. The van der Waals surface area contributed by atoms with E-state index in [4.69, 9.17) is 33.3 Å². The van der Waals surface area contributed by atoms with Crippen molar-refractivity contribution >= 4 is 30.0 Å². The van der Waals surface area contributed by atoms with E-state index in [0.717, 1.165) is 16.9 Å². The van der Waals surface area contributed by atoms with Crippen molar-refractivity contribution in [1.29, 1.82) is 0 Å². The highest BCUT2D eigenvalue weighted by molar-refractivity contribution is 7.71. The second-order valence-corrected chi connectivity index (χ2v) is 6.09. The molecular weight excluding hydrogens is 360 g/mol. The third kappa shape index (κ3) is 3.16. The summed E-state index contributed by atoms with van der Waals surface area (Å²) in [6.45, 7) is 1.10. The lowest BCUT2D eigenvalue weighted by molar-refractivity contribution is 0.171. The average Bonchev–Trinajstić information content (AvgIpc) is 3.00. The number of aromatic nitrogens is 3. The van der Waals surface area contributed by atoms with Crippen LogP contribution in [-0.2, 0) is 0 Å². The molecule has 3 aromatic rings. The third-order valence-electron chi connectivity index (χ3n) is 3.65. The number of H-pyrrole nitrogens is 1. The van der Waals surface area contributed by atoms with E-state index in [1.807, 2.05) is 36.4 Å². The van der Waals surface area contributed by atoms with Gasteiger partial charge < -0.3 is 9.47 Å². The molecule has 0 saturated carbocycles. The summed E-state index contributed by atoms with van der Waals surface area (Å²) < 4.78 is 13.0. The van der Waals surface area contributed by atoms with Crippen LogP contribution in [0.2, 0.25) is 5.02 Å². The van der Waals surface area contributed by atoms with Crippen LogP contribution in [0.15, 0.2) is 47.6 Å². The van der Waals surface area contributed by atoms with Crippen molar-refractivity contribution in [2.45, 2.75) is 0 Å². The normalized spacial score (nSPS) is 13.3. The van der Waals surface area contributed by atoms with E-state index in [-0.39, 0.29) is 0 Å². The third-order valence-corrected chi connectivity index (χ3v) is 4.25. The summed E-state index contributed by atoms with van der Waals surface area (Å²) >= 11 is 11.5. The van der Waals surface area contributed by atoms with Gasteiger partial charge in [-0.3, -0.25) is 0 Å². The molecule has 8 heteroatoms. The van der Waals surface area contributed by atoms with E-state index in [0.29, 0.717) is 34.6 Å². The number of hydrogen-bond acceptors (Lipinski definition) is 5. The molecule has 126 valence electrons. The first-order valence-electron chi connectivity index (χ1n) is 7.59. The van der Waals surface area contributed by atoms with Crippen molar-refractivity contribution in [2.75, 3.05) is 13.2 Å². The van der Waals surface area contributed by atoms with Crippen LogP contribution >= 0.6 is 23.8 Å². The molecule has 0 fully saturated rings. The van der Waals surface area contributed by atoms with Crippen LogP contribution in [0, 0.1) is 4.77 Å². The maximum Gasteiger partial charge on any atom is 0.216 e. The lowest BCUT2D eigenvalue weighted by Gasteiger charge is -2.18. The van der Waals surface area contributed by atoms with Crippen LogP contribution in [0.5, 0.6) is 11.5 Å². The van der Waals surface area contributed by atoms with Crippen LogP contribution in [0.25, 0.3) is 11.4 Å². The zero-order valence-electron chi connectivity index (χ0n) is 13.0. The zero-order chi connectivity index (χ0) is 17.2. The zero-order valence-corrected chi connectivity index (χ0v) is 14.5. The van der Waals surface area contributed by atoms with E-state index in [1.54, 1.807) is 12.3 Å². The van der Waals surface area contributed by atoms with Crippen LogP contribution < -0.4 is 9.47 Å². The first kappa shape index (κ1) is 15.9. The summed E-state index contributed by atoms with van der Waals surface area (Å²) in [6, 6.07) is 13.0. The van der Waals surface area contributed by atoms with E-state index >= 15 is 0 Å². The molecule has 0 saturated heterocycles. The first-order chi connectivity index (χ1) is 12.2. The topological polar surface area (TPSA) is 64.4 Å². The van der Waals surface area contributed by atoms with Gasteiger partial charge in [0.15, 0.2) is 17.3 Å². The Morgan fingerprint density at radius 3 is 2.80 bits per heavy atom. The Labute approximate surface area is 153 Å². The maximum atomic E-state index is 6.25. The number of aromatic amines is 1. The molecule has 25 heavy (non-hydrogen) atoms. The van der Waals surface area contributed by atoms with Gasteiger partial charge in [-0.2, -0.15) is 14.9 Å². The predicted octanol–water partition coefficient (Wildman–Crippen LogP) is 3.91. The Balaban J connectivity index is 1.70. The van der Waals surface area contributed by atoms with Gasteiger partial charge in [-0.1, -0.05) is 23.7 Å². The highest BCUT2D eigenvalue weighted by atomic mass is 35.5. The van der Waals surface area contributed by atoms with Gasteiger partial charge in [-0.15, -0.1) is 0 Å². The van der Waals surface area contributed by atoms with E-state index in [2.05, 4.69) is 15.3 Å². The van der Waals surface area contributed by atoms with Crippen molar-refractivity contribution in [3.05, 3.63) is 57.8 Å². The monoisotopic (exact) mass is 372 g/mol. The molecule has 2 heterocycles. The molecule has 6 nitrogen and oxygen atoms in total. The fourth-order valence-electron chi connectivity index (χ4n) is 2.48. The lowest BCUT2D eigenvalue weighted by Crippen LogP contribution is -2.15. The van der Waals surface area contributed by atoms with Gasteiger partial charge >= 0.3 is 0 Å². The van der Waals surface area contributed by atoms with E-state index < -0.39 is 0 Å².